The largest absolute Gasteiger partial charge is 0.477 e. The Morgan fingerprint density at radius 2 is 2.08 bits per heavy atom. The number of aromatic carboxylic acids is 1. The minimum atomic E-state index is -1.34. The Hall–Kier alpha value is -2.32. The molecule has 9 heteroatoms. The Kier molecular flexibility index (Phi) is 5.86. The van der Waals surface area contributed by atoms with Crippen LogP contribution in [0.4, 0.5) is 10.1 Å². The smallest absolute Gasteiger partial charge is 0.341 e. The van der Waals surface area contributed by atoms with E-state index in [-0.39, 0.29) is 17.8 Å². The second-order valence-corrected chi connectivity index (χ2v) is 5.68. The number of carboxylic acids is 1. The Morgan fingerprint density at radius 1 is 1.32 bits per heavy atom. The van der Waals surface area contributed by atoms with E-state index in [2.05, 4.69) is 10.7 Å². The number of nitrogens with zero attached hydrogens (tertiary/aromatic N) is 2. The van der Waals surface area contributed by atoms with Gasteiger partial charge < -0.3 is 20.7 Å². The first kappa shape index (κ1) is 19.0. The number of hydrogen-bond acceptors (Lipinski definition) is 5. The number of hydrogen-bond donors (Lipinski definition) is 3. The van der Waals surface area contributed by atoms with E-state index in [0.29, 0.717) is 24.3 Å². The van der Waals surface area contributed by atoms with Crippen molar-refractivity contribution >= 4 is 35.0 Å². The van der Waals surface area contributed by atoms with E-state index >= 15 is 0 Å². The lowest BCUT2D eigenvalue weighted by Gasteiger charge is -2.24. The number of halogens is 2. The Balaban J connectivity index is 0.00000225. The fourth-order valence-electron chi connectivity index (χ4n) is 3.00. The summed E-state index contributed by atoms with van der Waals surface area (Å²) < 4.78 is 16.0. The highest BCUT2D eigenvalue weighted by Crippen LogP contribution is 2.25. The number of benzene rings is 1. The second kappa shape index (κ2) is 7.71. The molecule has 2 aromatic rings. The summed E-state index contributed by atoms with van der Waals surface area (Å²) in [4.78, 5) is 25.5. The summed E-state index contributed by atoms with van der Waals surface area (Å²) in [5, 5.41) is 12.5. The Morgan fingerprint density at radius 3 is 2.76 bits per heavy atom. The van der Waals surface area contributed by atoms with Gasteiger partial charge in [0.1, 0.15) is 11.4 Å². The van der Waals surface area contributed by atoms with Gasteiger partial charge in [0.25, 0.3) is 0 Å². The molecule has 136 valence electrons. The van der Waals surface area contributed by atoms with Crippen LogP contribution in [0.3, 0.4) is 0 Å². The molecule has 1 fully saturated rings. The van der Waals surface area contributed by atoms with Gasteiger partial charge >= 0.3 is 5.97 Å². The lowest BCUT2D eigenvalue weighted by molar-refractivity contribution is 0.0695. The van der Waals surface area contributed by atoms with Gasteiger partial charge in [-0.3, -0.25) is 9.47 Å². The van der Waals surface area contributed by atoms with Gasteiger partial charge in [-0.1, -0.05) is 0 Å². The summed E-state index contributed by atoms with van der Waals surface area (Å²) in [6.45, 7) is 3.02. The molecular weight excluding hydrogens is 351 g/mol. The van der Waals surface area contributed by atoms with Gasteiger partial charge in [-0.05, 0) is 25.1 Å². The molecule has 1 aromatic heterocycles. The Bertz CT molecular complexity index is 847. The van der Waals surface area contributed by atoms with Crippen molar-refractivity contribution in [1.29, 1.82) is 0 Å². The molecular formula is C16H20ClFN4O3. The third kappa shape index (κ3) is 3.54. The first-order chi connectivity index (χ1) is 11.5. The van der Waals surface area contributed by atoms with E-state index in [1.165, 1.54) is 10.9 Å². The number of aromatic nitrogens is 1. The van der Waals surface area contributed by atoms with Crippen LogP contribution in [0.2, 0.25) is 0 Å². The summed E-state index contributed by atoms with van der Waals surface area (Å²) in [7, 11) is 1.61. The van der Waals surface area contributed by atoms with Crippen molar-refractivity contribution in [3.05, 3.63) is 39.9 Å². The monoisotopic (exact) mass is 370 g/mol. The van der Waals surface area contributed by atoms with Crippen LogP contribution in [0.5, 0.6) is 0 Å². The van der Waals surface area contributed by atoms with Crippen LogP contribution in [0.25, 0.3) is 10.9 Å². The summed E-state index contributed by atoms with van der Waals surface area (Å²) in [5.41, 5.74) is 2.59. The van der Waals surface area contributed by atoms with Gasteiger partial charge in [0.05, 0.1) is 16.6 Å². The van der Waals surface area contributed by atoms with E-state index in [0.717, 1.165) is 25.6 Å². The van der Waals surface area contributed by atoms with E-state index in [1.54, 1.807) is 13.1 Å². The normalized spacial score (nSPS) is 14.7. The van der Waals surface area contributed by atoms with Gasteiger partial charge in [-0.15, -0.1) is 12.4 Å². The number of carbonyl (C=O) groups is 1. The quantitative estimate of drug-likeness (QED) is 0.753. The van der Waals surface area contributed by atoms with E-state index in [4.69, 9.17) is 5.11 Å². The van der Waals surface area contributed by atoms with Crippen molar-refractivity contribution in [2.75, 3.05) is 43.6 Å². The zero-order valence-corrected chi connectivity index (χ0v) is 14.5. The predicted octanol–water partition coefficient (Wildman–Crippen LogP) is 1.23. The first-order valence-corrected chi connectivity index (χ1v) is 7.78. The summed E-state index contributed by atoms with van der Waals surface area (Å²) in [6.07, 6.45) is 2.12. The SMILES string of the molecule is CNn1cc(C(=O)O)c(=O)c2cc(F)c(N3CCCNCC3)cc21.Cl. The fourth-order valence-corrected chi connectivity index (χ4v) is 3.00. The van der Waals surface area contributed by atoms with Crippen LogP contribution < -0.4 is 21.1 Å². The molecule has 3 N–H and O–H groups in total. The zero-order chi connectivity index (χ0) is 17.3. The zero-order valence-electron chi connectivity index (χ0n) is 13.7. The minimum absolute atomic E-state index is 0. The van der Waals surface area contributed by atoms with Crippen LogP contribution >= 0.6 is 12.4 Å². The molecule has 1 saturated heterocycles. The maximum Gasteiger partial charge on any atom is 0.341 e. The van der Waals surface area contributed by atoms with Crippen molar-refractivity contribution in [3.8, 4) is 0 Å². The van der Waals surface area contributed by atoms with E-state index < -0.39 is 22.8 Å². The molecule has 0 amide bonds. The fraction of sp³-hybridized carbons (Fsp3) is 0.375. The van der Waals surface area contributed by atoms with Crippen molar-refractivity contribution in [2.24, 2.45) is 0 Å². The predicted molar refractivity (Wildman–Crippen MR) is 97.4 cm³/mol. The van der Waals surface area contributed by atoms with Gasteiger partial charge in [0.15, 0.2) is 0 Å². The van der Waals surface area contributed by atoms with Crippen LogP contribution in [0, 0.1) is 5.82 Å². The molecule has 25 heavy (non-hydrogen) atoms. The highest BCUT2D eigenvalue weighted by atomic mass is 35.5. The number of carboxylic acid groups (broad SMARTS) is 1. The van der Waals surface area contributed by atoms with Crippen LogP contribution in [0.15, 0.2) is 23.1 Å². The molecule has 0 radical (unpaired) electrons. The first-order valence-electron chi connectivity index (χ1n) is 7.78. The third-order valence-corrected chi connectivity index (χ3v) is 4.22. The molecule has 3 rings (SSSR count). The van der Waals surface area contributed by atoms with Gasteiger partial charge in [0, 0.05) is 32.9 Å². The minimum Gasteiger partial charge on any atom is -0.477 e. The van der Waals surface area contributed by atoms with Crippen molar-refractivity contribution in [3.63, 3.8) is 0 Å². The highest BCUT2D eigenvalue weighted by Gasteiger charge is 2.19. The number of fused-ring (bicyclic) bond motifs is 1. The van der Waals surface area contributed by atoms with Crippen molar-refractivity contribution in [2.45, 2.75) is 6.42 Å². The van der Waals surface area contributed by atoms with Gasteiger partial charge in [-0.25, -0.2) is 9.18 Å². The molecule has 0 bridgehead atoms. The lowest BCUT2D eigenvalue weighted by Crippen LogP contribution is -2.29. The van der Waals surface area contributed by atoms with Gasteiger partial charge in [0.2, 0.25) is 5.43 Å². The van der Waals surface area contributed by atoms with Crippen LogP contribution in [0.1, 0.15) is 16.8 Å². The molecule has 0 aliphatic carbocycles. The molecule has 0 saturated carbocycles. The molecule has 0 unspecified atom stereocenters. The van der Waals surface area contributed by atoms with E-state index in [1.807, 2.05) is 4.90 Å². The summed E-state index contributed by atoms with van der Waals surface area (Å²) >= 11 is 0. The second-order valence-electron chi connectivity index (χ2n) is 5.68. The van der Waals surface area contributed by atoms with Crippen molar-refractivity contribution < 1.29 is 14.3 Å². The van der Waals surface area contributed by atoms with E-state index in [9.17, 15) is 14.0 Å². The number of anilines is 1. The lowest BCUT2D eigenvalue weighted by atomic mass is 10.1. The van der Waals surface area contributed by atoms with Gasteiger partial charge in [-0.2, -0.15) is 0 Å². The van der Waals surface area contributed by atoms with Crippen molar-refractivity contribution in [1.82, 2.24) is 9.99 Å². The number of pyridine rings is 1. The summed E-state index contributed by atoms with van der Waals surface area (Å²) in [6, 6.07) is 2.73. The molecule has 1 aliphatic heterocycles. The van der Waals surface area contributed by atoms with Crippen LogP contribution in [-0.2, 0) is 0 Å². The maximum atomic E-state index is 14.6. The molecule has 1 aromatic carbocycles. The molecule has 0 spiro atoms. The number of rotatable bonds is 3. The molecule has 2 heterocycles. The Labute approximate surface area is 149 Å². The molecule has 0 atom stereocenters. The third-order valence-electron chi connectivity index (χ3n) is 4.22. The maximum absolute atomic E-state index is 14.6. The van der Waals surface area contributed by atoms with Crippen LogP contribution in [-0.4, -0.2) is 49.0 Å². The average Bonchev–Trinajstić information content (AvgIpc) is 2.84. The number of nitrogens with one attached hydrogen (secondary N) is 2. The highest BCUT2D eigenvalue weighted by molar-refractivity contribution is 5.93. The topological polar surface area (TPSA) is 86.6 Å². The standard InChI is InChI=1S/C16H19FN4O3.ClH/c1-18-21-9-11(16(23)24)15(22)10-7-12(17)14(8-13(10)21)20-5-2-3-19-4-6-20;/h7-9,18-19H,2-6H2,1H3,(H,23,24);1H. The molecule has 7 nitrogen and oxygen atoms in total. The average molecular weight is 371 g/mol. The summed E-state index contributed by atoms with van der Waals surface area (Å²) in [5.74, 6) is -1.86. The molecule has 1 aliphatic rings.